The quantitative estimate of drug-likeness (QED) is 0.734. The van der Waals surface area contributed by atoms with E-state index < -0.39 is 0 Å². The predicted octanol–water partition coefficient (Wildman–Crippen LogP) is 0.863. The lowest BCUT2D eigenvalue weighted by molar-refractivity contribution is 0.406. The number of nitrogens with zero attached hydrogens (tertiary/aromatic N) is 2. The van der Waals surface area contributed by atoms with Gasteiger partial charge in [0, 0.05) is 25.2 Å². The molecule has 13 heavy (non-hydrogen) atoms. The van der Waals surface area contributed by atoms with E-state index in [4.69, 9.17) is 4.52 Å². The van der Waals surface area contributed by atoms with Crippen molar-refractivity contribution in [3.05, 3.63) is 12.3 Å². The monoisotopic (exact) mass is 181 g/mol. The van der Waals surface area contributed by atoms with Gasteiger partial charge in [0.2, 0.25) is 0 Å². The normalized spacial score (nSPS) is 23.5. The summed E-state index contributed by atoms with van der Waals surface area (Å²) in [5.41, 5.74) is 0. The molecule has 1 aliphatic rings. The average Bonchev–Trinajstić information content (AvgIpc) is 2.71. The lowest BCUT2D eigenvalue weighted by Gasteiger charge is -2.32. The number of anilines is 1. The number of rotatable bonds is 2. The molecule has 0 aromatic carbocycles. The summed E-state index contributed by atoms with van der Waals surface area (Å²) in [5, 5.41) is 7.23. The molecule has 0 spiro atoms. The van der Waals surface area contributed by atoms with Gasteiger partial charge >= 0.3 is 0 Å². The van der Waals surface area contributed by atoms with Crippen molar-refractivity contribution in [3.63, 3.8) is 0 Å². The van der Waals surface area contributed by atoms with Crippen molar-refractivity contribution < 1.29 is 4.52 Å². The van der Waals surface area contributed by atoms with E-state index in [-0.39, 0.29) is 0 Å². The molecule has 0 unspecified atom stereocenters. The van der Waals surface area contributed by atoms with Gasteiger partial charge in [-0.2, -0.15) is 0 Å². The highest BCUT2D eigenvalue weighted by molar-refractivity contribution is 5.36. The molecular formula is C9H15N3O. The molecule has 1 aromatic heterocycles. The van der Waals surface area contributed by atoms with Gasteiger partial charge in [-0.05, 0) is 19.9 Å². The molecule has 0 saturated carbocycles. The minimum absolute atomic E-state index is 0.588. The van der Waals surface area contributed by atoms with Crippen molar-refractivity contribution in [1.29, 1.82) is 0 Å². The van der Waals surface area contributed by atoms with Gasteiger partial charge in [0.05, 0.1) is 0 Å². The van der Waals surface area contributed by atoms with E-state index in [1.54, 1.807) is 6.26 Å². The SMILES string of the molecule is CN[C@@H]1CCCN(c2ccon2)C1. The Labute approximate surface area is 77.9 Å². The summed E-state index contributed by atoms with van der Waals surface area (Å²) >= 11 is 0. The van der Waals surface area contributed by atoms with Crippen LogP contribution in [-0.2, 0) is 0 Å². The van der Waals surface area contributed by atoms with E-state index >= 15 is 0 Å². The molecular weight excluding hydrogens is 166 g/mol. The third kappa shape index (κ3) is 1.83. The Kier molecular flexibility index (Phi) is 2.49. The van der Waals surface area contributed by atoms with E-state index in [9.17, 15) is 0 Å². The van der Waals surface area contributed by atoms with Gasteiger partial charge < -0.3 is 14.7 Å². The highest BCUT2D eigenvalue weighted by Gasteiger charge is 2.19. The van der Waals surface area contributed by atoms with Gasteiger partial charge in [-0.25, -0.2) is 0 Å². The zero-order chi connectivity index (χ0) is 9.10. The summed E-state index contributed by atoms with van der Waals surface area (Å²) < 4.78 is 4.82. The molecule has 2 heterocycles. The van der Waals surface area contributed by atoms with Gasteiger partial charge in [0.1, 0.15) is 6.26 Å². The summed E-state index contributed by atoms with van der Waals surface area (Å²) in [7, 11) is 2.01. The van der Waals surface area contributed by atoms with Gasteiger partial charge in [-0.1, -0.05) is 5.16 Å². The second kappa shape index (κ2) is 3.79. The van der Waals surface area contributed by atoms with Crippen LogP contribution in [0.3, 0.4) is 0 Å². The van der Waals surface area contributed by atoms with Crippen LogP contribution in [0.1, 0.15) is 12.8 Å². The third-order valence-corrected chi connectivity index (χ3v) is 2.58. The second-order valence-electron chi connectivity index (χ2n) is 3.43. The van der Waals surface area contributed by atoms with Gasteiger partial charge in [-0.3, -0.25) is 0 Å². The number of aromatic nitrogens is 1. The summed E-state index contributed by atoms with van der Waals surface area (Å²) in [5.74, 6) is 0.958. The first-order valence-electron chi connectivity index (χ1n) is 4.73. The van der Waals surface area contributed by atoms with Gasteiger partial charge in [-0.15, -0.1) is 0 Å². The van der Waals surface area contributed by atoms with Crippen LogP contribution < -0.4 is 10.2 Å². The van der Waals surface area contributed by atoms with E-state index in [1.807, 2.05) is 13.1 Å². The Morgan fingerprint density at radius 1 is 1.69 bits per heavy atom. The smallest absolute Gasteiger partial charge is 0.171 e. The van der Waals surface area contributed by atoms with Crippen molar-refractivity contribution in [2.75, 3.05) is 25.0 Å². The van der Waals surface area contributed by atoms with Crippen LogP contribution in [0.15, 0.2) is 16.9 Å². The topological polar surface area (TPSA) is 41.3 Å². The minimum Gasteiger partial charge on any atom is -0.363 e. The maximum atomic E-state index is 4.82. The zero-order valence-electron chi connectivity index (χ0n) is 7.86. The van der Waals surface area contributed by atoms with E-state index in [0.29, 0.717) is 6.04 Å². The maximum absolute atomic E-state index is 4.82. The van der Waals surface area contributed by atoms with Crippen LogP contribution in [-0.4, -0.2) is 31.3 Å². The van der Waals surface area contributed by atoms with Crippen LogP contribution in [0, 0.1) is 0 Å². The molecule has 1 atom stereocenters. The Morgan fingerprint density at radius 2 is 2.62 bits per heavy atom. The van der Waals surface area contributed by atoms with Crippen molar-refractivity contribution in [2.24, 2.45) is 0 Å². The van der Waals surface area contributed by atoms with Crippen LogP contribution in [0.25, 0.3) is 0 Å². The summed E-state index contributed by atoms with van der Waals surface area (Å²) in [6, 6.07) is 2.50. The number of hydrogen-bond donors (Lipinski definition) is 1. The highest BCUT2D eigenvalue weighted by Crippen LogP contribution is 2.17. The molecule has 0 amide bonds. The first-order chi connectivity index (χ1) is 6.40. The van der Waals surface area contributed by atoms with Crippen LogP contribution in [0.5, 0.6) is 0 Å². The molecule has 2 rings (SSSR count). The largest absolute Gasteiger partial charge is 0.363 e. The first-order valence-corrected chi connectivity index (χ1v) is 4.73. The van der Waals surface area contributed by atoms with Crippen LogP contribution in [0.2, 0.25) is 0 Å². The summed E-state index contributed by atoms with van der Waals surface area (Å²) in [4.78, 5) is 2.26. The third-order valence-electron chi connectivity index (χ3n) is 2.58. The predicted molar refractivity (Wildman–Crippen MR) is 50.8 cm³/mol. The number of piperidine rings is 1. The Balaban J connectivity index is 2.00. The highest BCUT2D eigenvalue weighted by atomic mass is 16.5. The molecule has 0 radical (unpaired) electrons. The Bertz CT molecular complexity index is 247. The second-order valence-corrected chi connectivity index (χ2v) is 3.43. The summed E-state index contributed by atoms with van der Waals surface area (Å²) in [6.07, 6.45) is 4.10. The lowest BCUT2D eigenvalue weighted by Crippen LogP contribution is -2.44. The van der Waals surface area contributed by atoms with Gasteiger partial charge in [0.25, 0.3) is 0 Å². The molecule has 0 bridgehead atoms. The lowest BCUT2D eigenvalue weighted by atomic mass is 10.1. The fraction of sp³-hybridized carbons (Fsp3) is 0.667. The van der Waals surface area contributed by atoms with Crippen LogP contribution >= 0.6 is 0 Å². The number of nitrogens with one attached hydrogen (secondary N) is 1. The Morgan fingerprint density at radius 3 is 3.31 bits per heavy atom. The standard InChI is InChI=1S/C9H15N3O/c1-10-8-3-2-5-12(7-8)9-4-6-13-11-9/h4,6,8,10H,2-3,5,7H2,1H3/t8-/m1/s1. The molecule has 72 valence electrons. The van der Waals surface area contributed by atoms with E-state index in [1.165, 1.54) is 12.8 Å². The minimum atomic E-state index is 0.588. The Hall–Kier alpha value is -1.03. The van der Waals surface area contributed by atoms with Crippen molar-refractivity contribution in [2.45, 2.75) is 18.9 Å². The molecule has 1 fully saturated rings. The van der Waals surface area contributed by atoms with E-state index in [2.05, 4.69) is 15.4 Å². The van der Waals surface area contributed by atoms with Crippen molar-refractivity contribution in [3.8, 4) is 0 Å². The zero-order valence-corrected chi connectivity index (χ0v) is 7.86. The number of hydrogen-bond acceptors (Lipinski definition) is 4. The molecule has 1 aromatic rings. The fourth-order valence-corrected chi connectivity index (χ4v) is 1.79. The number of likely N-dealkylation sites (N-methyl/N-ethyl adjacent to an activating group) is 1. The summed E-state index contributed by atoms with van der Waals surface area (Å²) in [6.45, 7) is 2.12. The first kappa shape index (κ1) is 8.56. The average molecular weight is 181 g/mol. The van der Waals surface area contributed by atoms with E-state index in [0.717, 1.165) is 18.9 Å². The van der Waals surface area contributed by atoms with Crippen LogP contribution in [0.4, 0.5) is 5.82 Å². The molecule has 0 aliphatic carbocycles. The fourth-order valence-electron chi connectivity index (χ4n) is 1.79. The molecule has 4 nitrogen and oxygen atoms in total. The maximum Gasteiger partial charge on any atom is 0.171 e. The van der Waals surface area contributed by atoms with Crippen molar-refractivity contribution in [1.82, 2.24) is 10.5 Å². The molecule has 1 saturated heterocycles. The molecule has 1 N–H and O–H groups in total. The van der Waals surface area contributed by atoms with Gasteiger partial charge in [0.15, 0.2) is 5.82 Å². The molecule has 1 aliphatic heterocycles. The molecule has 4 heteroatoms. The van der Waals surface area contributed by atoms with Crippen molar-refractivity contribution >= 4 is 5.82 Å².